The fourth-order valence-electron chi connectivity index (χ4n) is 2.96. The molecule has 0 saturated heterocycles. The first kappa shape index (κ1) is 18.7. The van der Waals surface area contributed by atoms with Crippen molar-refractivity contribution in [3.8, 4) is 5.75 Å². The summed E-state index contributed by atoms with van der Waals surface area (Å²) in [4.78, 5) is 14.7. The minimum atomic E-state index is -0.175. The number of nitrogens with zero attached hydrogens (tertiary/aromatic N) is 2. The first-order chi connectivity index (χ1) is 13.2. The number of carbonyl (C=O) groups excluding carboxylic acids is 1. The Morgan fingerprint density at radius 1 is 1.19 bits per heavy atom. The Hall–Kier alpha value is -3.06. The number of urea groups is 1. The molecule has 2 aromatic carbocycles. The van der Waals surface area contributed by atoms with E-state index >= 15 is 0 Å². The summed E-state index contributed by atoms with van der Waals surface area (Å²) in [6.45, 7) is 1.60. The standard InChI is InChI=1S/C20H24N4O3/c1-26-12-6-11-24(14-15-7-3-4-10-19(15)27-2)20(25)22-17-8-5-9-18-16(17)13-21-23-18/h3-5,7-10,13H,6,11-12,14H2,1-2H3,(H,21,23)(H,22,25). The van der Waals surface area contributed by atoms with Crippen molar-refractivity contribution >= 4 is 22.6 Å². The number of anilines is 1. The normalized spacial score (nSPS) is 10.7. The van der Waals surface area contributed by atoms with Gasteiger partial charge >= 0.3 is 6.03 Å². The zero-order chi connectivity index (χ0) is 19.1. The van der Waals surface area contributed by atoms with Crippen molar-refractivity contribution < 1.29 is 14.3 Å². The van der Waals surface area contributed by atoms with E-state index in [-0.39, 0.29) is 6.03 Å². The summed E-state index contributed by atoms with van der Waals surface area (Å²) in [6.07, 6.45) is 2.45. The van der Waals surface area contributed by atoms with Crippen LogP contribution in [0.5, 0.6) is 5.75 Å². The molecular weight excluding hydrogens is 344 g/mol. The van der Waals surface area contributed by atoms with Crippen LogP contribution in [0.2, 0.25) is 0 Å². The van der Waals surface area contributed by atoms with Gasteiger partial charge < -0.3 is 19.7 Å². The molecule has 0 saturated carbocycles. The maximum atomic E-state index is 13.0. The Morgan fingerprint density at radius 3 is 2.85 bits per heavy atom. The van der Waals surface area contributed by atoms with E-state index in [0.717, 1.165) is 34.3 Å². The van der Waals surface area contributed by atoms with E-state index in [1.165, 1.54) is 0 Å². The van der Waals surface area contributed by atoms with E-state index < -0.39 is 0 Å². The molecule has 7 heteroatoms. The molecule has 7 nitrogen and oxygen atoms in total. The van der Waals surface area contributed by atoms with E-state index in [0.29, 0.717) is 19.7 Å². The number of amides is 2. The molecule has 27 heavy (non-hydrogen) atoms. The number of carbonyl (C=O) groups is 1. The van der Waals surface area contributed by atoms with Crippen molar-refractivity contribution in [3.63, 3.8) is 0 Å². The molecule has 3 aromatic rings. The van der Waals surface area contributed by atoms with Gasteiger partial charge in [-0.1, -0.05) is 24.3 Å². The van der Waals surface area contributed by atoms with Crippen LogP contribution < -0.4 is 10.1 Å². The minimum Gasteiger partial charge on any atom is -0.496 e. The van der Waals surface area contributed by atoms with Crippen LogP contribution in [-0.4, -0.2) is 48.5 Å². The second-order valence-electron chi connectivity index (χ2n) is 6.15. The number of nitrogens with one attached hydrogen (secondary N) is 2. The Balaban J connectivity index is 1.79. The molecule has 2 amide bonds. The van der Waals surface area contributed by atoms with Gasteiger partial charge in [-0.25, -0.2) is 4.79 Å². The Morgan fingerprint density at radius 2 is 2.04 bits per heavy atom. The van der Waals surface area contributed by atoms with Gasteiger partial charge in [0.1, 0.15) is 5.75 Å². The van der Waals surface area contributed by atoms with E-state index in [9.17, 15) is 4.79 Å². The maximum Gasteiger partial charge on any atom is 0.322 e. The molecule has 0 aliphatic carbocycles. The predicted molar refractivity (Wildman–Crippen MR) is 105 cm³/mol. The summed E-state index contributed by atoms with van der Waals surface area (Å²) in [6, 6.07) is 13.2. The lowest BCUT2D eigenvalue weighted by Gasteiger charge is -2.24. The first-order valence-electron chi connectivity index (χ1n) is 8.81. The third-order valence-corrected chi connectivity index (χ3v) is 4.34. The van der Waals surface area contributed by atoms with Crippen molar-refractivity contribution in [3.05, 3.63) is 54.2 Å². The predicted octanol–water partition coefficient (Wildman–Crippen LogP) is 3.64. The zero-order valence-electron chi connectivity index (χ0n) is 15.6. The number of para-hydroxylation sites is 1. The zero-order valence-corrected chi connectivity index (χ0v) is 15.6. The number of fused-ring (bicyclic) bond motifs is 1. The van der Waals surface area contributed by atoms with E-state index in [4.69, 9.17) is 9.47 Å². The number of aromatic nitrogens is 2. The van der Waals surface area contributed by atoms with Gasteiger partial charge in [0.15, 0.2) is 0 Å². The fourth-order valence-corrected chi connectivity index (χ4v) is 2.96. The third kappa shape index (κ3) is 4.57. The summed E-state index contributed by atoms with van der Waals surface area (Å²) in [5.41, 5.74) is 2.56. The van der Waals surface area contributed by atoms with Gasteiger partial charge in [0, 0.05) is 31.2 Å². The number of ether oxygens (including phenoxy) is 2. The van der Waals surface area contributed by atoms with Gasteiger partial charge in [-0.3, -0.25) is 5.10 Å². The maximum absolute atomic E-state index is 13.0. The van der Waals surface area contributed by atoms with Crippen molar-refractivity contribution in [1.29, 1.82) is 0 Å². The largest absolute Gasteiger partial charge is 0.496 e. The highest BCUT2D eigenvalue weighted by Crippen LogP contribution is 2.23. The Bertz CT molecular complexity index is 894. The number of rotatable bonds is 8. The van der Waals surface area contributed by atoms with E-state index in [2.05, 4.69) is 15.5 Å². The molecule has 0 fully saturated rings. The van der Waals surface area contributed by atoms with E-state index in [1.54, 1.807) is 25.3 Å². The monoisotopic (exact) mass is 368 g/mol. The lowest BCUT2D eigenvalue weighted by atomic mass is 10.2. The second-order valence-corrected chi connectivity index (χ2v) is 6.15. The molecule has 2 N–H and O–H groups in total. The Labute approximate surface area is 158 Å². The van der Waals surface area contributed by atoms with Crippen LogP contribution in [0.15, 0.2) is 48.7 Å². The molecule has 142 valence electrons. The molecular formula is C20H24N4O3. The van der Waals surface area contributed by atoms with E-state index in [1.807, 2.05) is 42.5 Å². The second kappa shape index (κ2) is 9.05. The number of methoxy groups -OCH3 is 2. The van der Waals surface area contributed by atoms with Crippen LogP contribution >= 0.6 is 0 Å². The minimum absolute atomic E-state index is 0.175. The Kier molecular flexibility index (Phi) is 6.27. The van der Waals surface area contributed by atoms with Crippen LogP contribution in [0.1, 0.15) is 12.0 Å². The molecule has 0 bridgehead atoms. The molecule has 0 atom stereocenters. The van der Waals surface area contributed by atoms with Crippen LogP contribution in [0.3, 0.4) is 0 Å². The average Bonchev–Trinajstić information content (AvgIpc) is 3.17. The molecule has 0 aliphatic rings. The van der Waals surface area contributed by atoms with Crippen LogP contribution in [0, 0.1) is 0 Å². The first-order valence-corrected chi connectivity index (χ1v) is 8.81. The number of H-pyrrole nitrogens is 1. The van der Waals surface area contributed by atoms with Crippen molar-refractivity contribution in [2.75, 3.05) is 32.7 Å². The summed E-state index contributed by atoms with van der Waals surface area (Å²) in [5, 5.41) is 10.8. The number of aromatic amines is 1. The third-order valence-electron chi connectivity index (χ3n) is 4.34. The smallest absolute Gasteiger partial charge is 0.322 e. The number of benzene rings is 2. The van der Waals surface area contributed by atoms with Gasteiger partial charge in [-0.05, 0) is 24.6 Å². The summed E-state index contributed by atoms with van der Waals surface area (Å²) < 4.78 is 10.6. The molecule has 0 unspecified atom stereocenters. The quantitative estimate of drug-likeness (QED) is 0.595. The molecule has 0 radical (unpaired) electrons. The van der Waals surface area contributed by atoms with Gasteiger partial charge in [0.2, 0.25) is 0 Å². The highest BCUT2D eigenvalue weighted by atomic mass is 16.5. The summed E-state index contributed by atoms with van der Waals surface area (Å²) in [7, 11) is 3.29. The van der Waals surface area contributed by atoms with Crippen LogP contribution in [-0.2, 0) is 11.3 Å². The molecule has 1 aromatic heterocycles. The van der Waals surface area contributed by atoms with Gasteiger partial charge in [-0.2, -0.15) is 5.10 Å². The topological polar surface area (TPSA) is 79.5 Å². The highest BCUT2D eigenvalue weighted by Gasteiger charge is 2.17. The van der Waals surface area contributed by atoms with Crippen LogP contribution in [0.25, 0.3) is 10.9 Å². The summed E-state index contributed by atoms with van der Waals surface area (Å²) in [5.74, 6) is 0.763. The molecule has 1 heterocycles. The lowest BCUT2D eigenvalue weighted by Crippen LogP contribution is -2.35. The van der Waals surface area contributed by atoms with Crippen molar-refractivity contribution in [2.45, 2.75) is 13.0 Å². The highest BCUT2D eigenvalue weighted by molar-refractivity contribution is 6.00. The van der Waals surface area contributed by atoms with Gasteiger partial charge in [0.25, 0.3) is 0 Å². The molecule has 3 rings (SSSR count). The summed E-state index contributed by atoms with van der Waals surface area (Å²) >= 11 is 0. The van der Waals surface area contributed by atoms with Gasteiger partial charge in [-0.15, -0.1) is 0 Å². The molecule has 0 spiro atoms. The van der Waals surface area contributed by atoms with Gasteiger partial charge in [0.05, 0.1) is 31.1 Å². The average molecular weight is 368 g/mol. The SMILES string of the molecule is COCCCN(Cc1ccccc1OC)C(=O)Nc1cccc2[nH]ncc12. The van der Waals surface area contributed by atoms with Crippen molar-refractivity contribution in [1.82, 2.24) is 15.1 Å². The number of hydrogen-bond donors (Lipinski definition) is 2. The van der Waals surface area contributed by atoms with Crippen LogP contribution in [0.4, 0.5) is 10.5 Å². The lowest BCUT2D eigenvalue weighted by molar-refractivity contribution is 0.171. The van der Waals surface area contributed by atoms with Crippen molar-refractivity contribution in [2.24, 2.45) is 0 Å². The number of hydrogen-bond acceptors (Lipinski definition) is 4. The molecule has 0 aliphatic heterocycles. The fraction of sp³-hybridized carbons (Fsp3) is 0.300.